The monoisotopic (exact) mass is 345 g/mol. The normalized spacial score (nSPS) is 10.7. The van der Waals surface area contributed by atoms with E-state index in [0.29, 0.717) is 16.4 Å². The molecule has 0 saturated carbocycles. The van der Waals surface area contributed by atoms with Crippen LogP contribution in [0.1, 0.15) is 16.1 Å². The Kier molecular flexibility index (Phi) is 4.09. The molecule has 3 rings (SSSR count). The van der Waals surface area contributed by atoms with Crippen molar-refractivity contribution in [2.45, 2.75) is 6.42 Å². The lowest BCUT2D eigenvalue weighted by Gasteiger charge is -2.06. The Labute approximate surface area is 141 Å². The maximum Gasteiger partial charge on any atom is 0.339 e. The molecule has 7 nitrogen and oxygen atoms in total. The van der Waals surface area contributed by atoms with Gasteiger partial charge in [-0.3, -0.25) is 4.79 Å². The third-order valence-corrected chi connectivity index (χ3v) is 3.54. The van der Waals surface area contributed by atoms with E-state index in [-0.39, 0.29) is 29.3 Å². The largest absolute Gasteiger partial charge is 0.507 e. The lowest BCUT2D eigenvalue weighted by molar-refractivity contribution is -0.115. The smallest absolute Gasteiger partial charge is 0.339 e. The summed E-state index contributed by atoms with van der Waals surface area (Å²) in [5.74, 6) is -2.00. The van der Waals surface area contributed by atoms with Crippen LogP contribution in [-0.4, -0.2) is 31.5 Å². The molecule has 0 bridgehead atoms. The second-order valence-electron chi connectivity index (χ2n) is 5.11. The Morgan fingerprint density at radius 2 is 2.00 bits per heavy atom. The van der Waals surface area contributed by atoms with Gasteiger partial charge in [-0.05, 0) is 30.3 Å². The Bertz CT molecular complexity index is 952. The summed E-state index contributed by atoms with van der Waals surface area (Å²) in [4.78, 5) is 27.4. The first-order chi connectivity index (χ1) is 11.4. The van der Waals surface area contributed by atoms with Crippen molar-refractivity contribution >= 4 is 34.8 Å². The van der Waals surface area contributed by atoms with Crippen LogP contribution < -0.4 is 5.32 Å². The zero-order chi connectivity index (χ0) is 17.3. The molecule has 0 aliphatic carbocycles. The van der Waals surface area contributed by atoms with Crippen molar-refractivity contribution in [1.29, 1.82) is 0 Å². The first-order valence-corrected chi connectivity index (χ1v) is 7.29. The van der Waals surface area contributed by atoms with Crippen molar-refractivity contribution in [3.8, 4) is 5.75 Å². The van der Waals surface area contributed by atoms with Crippen LogP contribution in [0, 0.1) is 0 Å². The number of fused-ring (bicyclic) bond motifs is 1. The van der Waals surface area contributed by atoms with E-state index in [1.54, 1.807) is 28.9 Å². The van der Waals surface area contributed by atoms with Crippen molar-refractivity contribution in [3.05, 3.63) is 59.0 Å². The third-order valence-electron chi connectivity index (χ3n) is 3.32. The summed E-state index contributed by atoms with van der Waals surface area (Å²) in [6.45, 7) is 0. The van der Waals surface area contributed by atoms with Crippen molar-refractivity contribution in [3.63, 3.8) is 0 Å². The van der Waals surface area contributed by atoms with Crippen molar-refractivity contribution in [1.82, 2.24) is 9.38 Å². The van der Waals surface area contributed by atoms with Crippen LogP contribution in [0.25, 0.3) is 5.65 Å². The van der Waals surface area contributed by atoms with Gasteiger partial charge in [-0.25, -0.2) is 9.78 Å². The first kappa shape index (κ1) is 15.8. The molecule has 0 radical (unpaired) electrons. The second-order valence-corrected chi connectivity index (χ2v) is 5.54. The molecule has 2 aromatic heterocycles. The molecule has 3 N–H and O–H groups in total. The minimum atomic E-state index is -1.28. The van der Waals surface area contributed by atoms with Gasteiger partial charge in [0.15, 0.2) is 0 Å². The van der Waals surface area contributed by atoms with E-state index in [4.69, 9.17) is 16.7 Å². The predicted molar refractivity (Wildman–Crippen MR) is 87.6 cm³/mol. The zero-order valence-corrected chi connectivity index (χ0v) is 13.0. The highest BCUT2D eigenvalue weighted by Gasteiger charge is 2.13. The Balaban J connectivity index is 1.75. The fraction of sp³-hybridized carbons (Fsp3) is 0.0625. The summed E-state index contributed by atoms with van der Waals surface area (Å²) in [6, 6.07) is 7.27. The van der Waals surface area contributed by atoms with Gasteiger partial charge in [-0.1, -0.05) is 11.6 Å². The molecule has 0 fully saturated rings. The molecule has 3 aromatic rings. The van der Waals surface area contributed by atoms with E-state index >= 15 is 0 Å². The molecule has 24 heavy (non-hydrogen) atoms. The fourth-order valence-corrected chi connectivity index (χ4v) is 2.43. The number of hydrogen-bond acceptors (Lipinski definition) is 4. The summed E-state index contributed by atoms with van der Waals surface area (Å²) < 4.78 is 1.72. The van der Waals surface area contributed by atoms with E-state index in [1.165, 1.54) is 18.2 Å². The minimum absolute atomic E-state index is 0.0164. The van der Waals surface area contributed by atoms with Crippen molar-refractivity contribution in [2.75, 3.05) is 5.32 Å². The molecule has 1 aromatic carbocycles. The van der Waals surface area contributed by atoms with Crippen LogP contribution in [0.3, 0.4) is 0 Å². The fourth-order valence-electron chi connectivity index (χ4n) is 2.26. The number of amides is 1. The number of carboxylic acids is 1. The topological polar surface area (TPSA) is 104 Å². The van der Waals surface area contributed by atoms with Gasteiger partial charge in [0.1, 0.15) is 17.0 Å². The zero-order valence-electron chi connectivity index (χ0n) is 12.2. The van der Waals surface area contributed by atoms with E-state index < -0.39 is 5.97 Å². The Morgan fingerprint density at radius 1 is 1.21 bits per heavy atom. The number of aromatic nitrogens is 2. The number of nitrogens with zero attached hydrogens (tertiary/aromatic N) is 2. The van der Waals surface area contributed by atoms with Crippen LogP contribution in [0.5, 0.6) is 5.75 Å². The highest BCUT2D eigenvalue weighted by atomic mass is 35.5. The van der Waals surface area contributed by atoms with Crippen LogP contribution in [-0.2, 0) is 11.2 Å². The summed E-state index contributed by atoms with van der Waals surface area (Å²) in [5, 5.41) is 21.6. The van der Waals surface area contributed by atoms with E-state index in [1.807, 2.05) is 0 Å². The summed E-state index contributed by atoms with van der Waals surface area (Å²) in [6.07, 6.45) is 3.40. The summed E-state index contributed by atoms with van der Waals surface area (Å²) >= 11 is 5.90. The van der Waals surface area contributed by atoms with Gasteiger partial charge in [0.05, 0.1) is 17.1 Å². The number of benzene rings is 1. The lowest BCUT2D eigenvalue weighted by atomic mass is 10.1. The number of aromatic carboxylic acids is 1. The van der Waals surface area contributed by atoms with Gasteiger partial charge >= 0.3 is 5.97 Å². The quantitative estimate of drug-likeness (QED) is 0.630. The number of anilines is 1. The molecule has 0 aliphatic rings. The molecule has 0 aliphatic heterocycles. The van der Waals surface area contributed by atoms with Crippen LogP contribution in [0.4, 0.5) is 5.69 Å². The number of hydrogen-bond donors (Lipinski definition) is 3. The first-order valence-electron chi connectivity index (χ1n) is 6.91. The molecule has 0 saturated heterocycles. The van der Waals surface area contributed by atoms with E-state index in [2.05, 4.69) is 10.3 Å². The van der Waals surface area contributed by atoms with Crippen LogP contribution >= 0.6 is 11.6 Å². The maximum absolute atomic E-state index is 12.1. The van der Waals surface area contributed by atoms with Gasteiger partial charge in [0.2, 0.25) is 5.91 Å². The van der Waals surface area contributed by atoms with Gasteiger partial charge in [-0.2, -0.15) is 0 Å². The number of halogens is 1. The van der Waals surface area contributed by atoms with E-state index in [9.17, 15) is 14.7 Å². The minimum Gasteiger partial charge on any atom is -0.507 e. The number of aromatic hydroxyl groups is 1. The molecule has 0 atom stereocenters. The number of pyridine rings is 1. The highest BCUT2D eigenvalue weighted by molar-refractivity contribution is 6.30. The maximum atomic E-state index is 12.1. The third kappa shape index (κ3) is 3.31. The lowest BCUT2D eigenvalue weighted by Crippen LogP contribution is -2.15. The average Bonchev–Trinajstić information content (AvgIpc) is 2.90. The average molecular weight is 346 g/mol. The molecular weight excluding hydrogens is 334 g/mol. The van der Waals surface area contributed by atoms with Crippen LogP contribution in [0.15, 0.2) is 42.7 Å². The molecule has 122 valence electrons. The number of rotatable bonds is 4. The van der Waals surface area contributed by atoms with Gasteiger partial charge in [-0.15, -0.1) is 0 Å². The number of phenols is 1. The van der Waals surface area contributed by atoms with Gasteiger partial charge in [0, 0.05) is 18.1 Å². The number of nitrogens with one attached hydrogen (secondary N) is 1. The van der Waals surface area contributed by atoms with Crippen molar-refractivity contribution in [2.24, 2.45) is 0 Å². The Morgan fingerprint density at radius 3 is 2.75 bits per heavy atom. The number of carboxylic acid groups (broad SMARTS) is 1. The standard InChI is InChI=1S/C16H12ClN3O4/c17-9-1-4-14-18-11(8-20(14)7-9)6-15(22)19-10-2-3-13(21)12(5-10)16(23)24/h1-5,7-8,21H,6H2,(H,19,22)(H,23,24). The molecule has 0 unspecified atom stereocenters. The number of imidazole rings is 1. The molecule has 1 amide bonds. The molecule has 8 heteroatoms. The van der Waals surface area contributed by atoms with Crippen molar-refractivity contribution < 1.29 is 19.8 Å². The predicted octanol–water partition coefficient (Wildman–Crippen LogP) is 2.57. The Hall–Kier alpha value is -3.06. The molecule has 2 heterocycles. The number of carbonyl (C=O) groups excluding carboxylic acids is 1. The van der Waals surface area contributed by atoms with Gasteiger partial charge in [0.25, 0.3) is 0 Å². The van der Waals surface area contributed by atoms with E-state index in [0.717, 1.165) is 0 Å². The summed E-state index contributed by atoms with van der Waals surface area (Å²) in [5.41, 5.74) is 1.21. The molecular formula is C16H12ClN3O4. The van der Waals surface area contributed by atoms with Gasteiger partial charge < -0.3 is 19.9 Å². The highest BCUT2D eigenvalue weighted by Crippen LogP contribution is 2.21. The second kappa shape index (κ2) is 6.21. The molecule has 0 spiro atoms. The number of carbonyl (C=O) groups is 2. The SMILES string of the molecule is O=C(Cc1cn2cc(Cl)ccc2n1)Nc1ccc(O)c(C(=O)O)c1. The summed E-state index contributed by atoms with van der Waals surface area (Å²) in [7, 11) is 0. The van der Waals surface area contributed by atoms with Crippen LogP contribution in [0.2, 0.25) is 5.02 Å².